The number of thiazole rings is 1. The Balaban J connectivity index is 1.59. The summed E-state index contributed by atoms with van der Waals surface area (Å²) in [5.41, 5.74) is 3.19. The number of anilines is 1. The van der Waals surface area contributed by atoms with Crippen molar-refractivity contribution >= 4 is 33.7 Å². The molecule has 0 saturated carbocycles. The highest BCUT2D eigenvalue weighted by molar-refractivity contribution is 7.14. The van der Waals surface area contributed by atoms with Crippen LogP contribution in [0.2, 0.25) is 0 Å². The van der Waals surface area contributed by atoms with Gasteiger partial charge in [-0.15, -0.1) is 22.7 Å². The first-order valence-electron chi connectivity index (χ1n) is 7.05. The number of carbonyl (C=O) groups excluding carboxylic acids is 1. The summed E-state index contributed by atoms with van der Waals surface area (Å²) in [5, 5.41) is 7.54. The van der Waals surface area contributed by atoms with Crippen LogP contribution in [-0.2, 0) is 11.2 Å². The molecular formula is C17H16N2OS2. The number of nitrogens with zero attached hydrogens (tertiary/aromatic N) is 1. The molecule has 0 fully saturated rings. The lowest BCUT2D eigenvalue weighted by atomic mass is 10.1. The third-order valence-corrected chi connectivity index (χ3v) is 4.97. The summed E-state index contributed by atoms with van der Waals surface area (Å²) >= 11 is 3.14. The van der Waals surface area contributed by atoms with Gasteiger partial charge in [-0.2, -0.15) is 0 Å². The second-order valence-electron chi connectivity index (χ2n) is 5.03. The molecule has 0 bridgehead atoms. The zero-order valence-corrected chi connectivity index (χ0v) is 13.8. The fourth-order valence-electron chi connectivity index (χ4n) is 2.06. The molecule has 2 aromatic heterocycles. The Hall–Kier alpha value is -1.98. The average Bonchev–Trinajstić information content (AvgIpc) is 3.17. The number of aryl methyl sites for hydroxylation is 2. The van der Waals surface area contributed by atoms with E-state index in [0.717, 1.165) is 17.7 Å². The van der Waals surface area contributed by atoms with Crippen LogP contribution in [0.5, 0.6) is 0 Å². The van der Waals surface area contributed by atoms with Crippen LogP contribution in [0.1, 0.15) is 16.9 Å². The van der Waals surface area contributed by atoms with Gasteiger partial charge in [0.2, 0.25) is 5.91 Å². The van der Waals surface area contributed by atoms with Crippen molar-refractivity contribution < 1.29 is 4.79 Å². The molecule has 0 saturated heterocycles. The summed E-state index contributed by atoms with van der Waals surface area (Å²) in [7, 11) is 0. The van der Waals surface area contributed by atoms with Crippen LogP contribution >= 0.6 is 22.7 Å². The number of carbonyl (C=O) groups is 1. The van der Waals surface area contributed by atoms with E-state index in [-0.39, 0.29) is 5.91 Å². The molecule has 1 N–H and O–H groups in total. The van der Waals surface area contributed by atoms with Gasteiger partial charge in [0.25, 0.3) is 0 Å². The predicted molar refractivity (Wildman–Crippen MR) is 93.6 cm³/mol. The molecule has 1 amide bonds. The number of amides is 1. The number of aromatic nitrogens is 1. The molecule has 22 heavy (non-hydrogen) atoms. The first kappa shape index (κ1) is 14.9. The highest BCUT2D eigenvalue weighted by atomic mass is 32.1. The zero-order valence-electron chi connectivity index (χ0n) is 12.2. The largest absolute Gasteiger partial charge is 0.302 e. The van der Waals surface area contributed by atoms with E-state index in [2.05, 4.69) is 35.4 Å². The molecule has 0 aliphatic heterocycles. The Bertz CT molecular complexity index is 745. The summed E-state index contributed by atoms with van der Waals surface area (Å²) in [6.07, 6.45) is 1.26. The Morgan fingerprint density at radius 2 is 2.00 bits per heavy atom. The SMILES string of the molecule is Cc1ccc(-c2csc(NC(=O)CCc3cccs3)n2)cc1. The van der Waals surface area contributed by atoms with E-state index in [1.807, 2.05) is 29.0 Å². The van der Waals surface area contributed by atoms with Crippen molar-refractivity contribution in [3.05, 3.63) is 57.6 Å². The van der Waals surface area contributed by atoms with E-state index in [4.69, 9.17) is 0 Å². The van der Waals surface area contributed by atoms with E-state index >= 15 is 0 Å². The monoisotopic (exact) mass is 328 g/mol. The van der Waals surface area contributed by atoms with Crippen molar-refractivity contribution in [2.24, 2.45) is 0 Å². The molecule has 0 aliphatic carbocycles. The summed E-state index contributed by atoms with van der Waals surface area (Å²) in [6, 6.07) is 12.3. The fraction of sp³-hybridized carbons (Fsp3) is 0.176. The first-order chi connectivity index (χ1) is 10.7. The van der Waals surface area contributed by atoms with E-state index in [1.165, 1.54) is 21.8 Å². The zero-order chi connectivity index (χ0) is 15.4. The molecule has 3 nitrogen and oxygen atoms in total. The average molecular weight is 328 g/mol. The summed E-state index contributed by atoms with van der Waals surface area (Å²) in [6.45, 7) is 2.06. The Kier molecular flexibility index (Phi) is 4.65. The van der Waals surface area contributed by atoms with Crippen LogP contribution in [0.25, 0.3) is 11.3 Å². The Morgan fingerprint density at radius 3 is 2.73 bits per heavy atom. The van der Waals surface area contributed by atoms with Crippen molar-refractivity contribution in [3.8, 4) is 11.3 Å². The lowest BCUT2D eigenvalue weighted by Crippen LogP contribution is -2.11. The van der Waals surface area contributed by atoms with Crippen LogP contribution < -0.4 is 5.32 Å². The smallest absolute Gasteiger partial charge is 0.226 e. The van der Waals surface area contributed by atoms with Gasteiger partial charge in [-0.25, -0.2) is 4.98 Å². The fourth-order valence-corrected chi connectivity index (χ4v) is 3.51. The van der Waals surface area contributed by atoms with E-state index in [1.54, 1.807) is 11.3 Å². The van der Waals surface area contributed by atoms with Gasteiger partial charge in [0, 0.05) is 22.2 Å². The first-order valence-corrected chi connectivity index (χ1v) is 8.81. The molecular weight excluding hydrogens is 312 g/mol. The van der Waals surface area contributed by atoms with Gasteiger partial charge in [0.15, 0.2) is 5.13 Å². The second-order valence-corrected chi connectivity index (χ2v) is 6.92. The molecule has 0 aliphatic rings. The number of thiophene rings is 1. The topological polar surface area (TPSA) is 42.0 Å². The lowest BCUT2D eigenvalue weighted by Gasteiger charge is -2.00. The third-order valence-electron chi connectivity index (χ3n) is 3.28. The molecule has 0 radical (unpaired) electrons. The van der Waals surface area contributed by atoms with Gasteiger partial charge in [0.05, 0.1) is 5.69 Å². The van der Waals surface area contributed by atoms with Crippen LogP contribution in [-0.4, -0.2) is 10.9 Å². The maximum absolute atomic E-state index is 12.0. The molecule has 1 aromatic carbocycles. The highest BCUT2D eigenvalue weighted by Crippen LogP contribution is 2.25. The summed E-state index contributed by atoms with van der Waals surface area (Å²) in [5.74, 6) is 0.0122. The normalized spacial score (nSPS) is 10.6. The van der Waals surface area contributed by atoms with Crippen LogP contribution in [0, 0.1) is 6.92 Å². The number of hydrogen-bond acceptors (Lipinski definition) is 4. The molecule has 3 aromatic rings. The molecule has 0 unspecified atom stereocenters. The second kappa shape index (κ2) is 6.85. The van der Waals surface area contributed by atoms with Crippen molar-refractivity contribution in [1.29, 1.82) is 0 Å². The predicted octanol–water partition coefficient (Wildman–Crippen LogP) is 4.75. The molecule has 3 rings (SSSR count). The van der Waals surface area contributed by atoms with Crippen molar-refractivity contribution in [1.82, 2.24) is 4.98 Å². The number of nitrogens with one attached hydrogen (secondary N) is 1. The lowest BCUT2D eigenvalue weighted by molar-refractivity contribution is -0.116. The summed E-state index contributed by atoms with van der Waals surface area (Å²) < 4.78 is 0. The molecule has 0 atom stereocenters. The quantitative estimate of drug-likeness (QED) is 0.734. The molecule has 112 valence electrons. The molecule has 5 heteroatoms. The van der Waals surface area contributed by atoms with Crippen LogP contribution in [0.15, 0.2) is 47.2 Å². The minimum absolute atomic E-state index is 0.0122. The van der Waals surface area contributed by atoms with E-state index < -0.39 is 0 Å². The van der Waals surface area contributed by atoms with Crippen molar-refractivity contribution in [2.45, 2.75) is 19.8 Å². The van der Waals surface area contributed by atoms with Gasteiger partial charge in [-0.05, 0) is 24.8 Å². The number of hydrogen-bond donors (Lipinski definition) is 1. The minimum atomic E-state index is 0.0122. The highest BCUT2D eigenvalue weighted by Gasteiger charge is 2.08. The van der Waals surface area contributed by atoms with E-state index in [9.17, 15) is 4.79 Å². The van der Waals surface area contributed by atoms with Gasteiger partial charge in [-0.1, -0.05) is 35.9 Å². The number of rotatable bonds is 5. The van der Waals surface area contributed by atoms with Crippen LogP contribution in [0.4, 0.5) is 5.13 Å². The number of benzene rings is 1. The third kappa shape index (κ3) is 3.81. The Morgan fingerprint density at radius 1 is 1.18 bits per heavy atom. The summed E-state index contributed by atoms with van der Waals surface area (Å²) in [4.78, 5) is 17.7. The van der Waals surface area contributed by atoms with Gasteiger partial charge >= 0.3 is 0 Å². The van der Waals surface area contributed by atoms with E-state index in [0.29, 0.717) is 11.6 Å². The molecule has 2 heterocycles. The van der Waals surface area contributed by atoms with Gasteiger partial charge in [0.1, 0.15) is 0 Å². The maximum Gasteiger partial charge on any atom is 0.226 e. The van der Waals surface area contributed by atoms with Gasteiger partial charge < -0.3 is 5.32 Å². The maximum atomic E-state index is 12.0. The van der Waals surface area contributed by atoms with Crippen molar-refractivity contribution in [3.63, 3.8) is 0 Å². The van der Waals surface area contributed by atoms with Crippen LogP contribution in [0.3, 0.4) is 0 Å². The van der Waals surface area contributed by atoms with Gasteiger partial charge in [-0.3, -0.25) is 4.79 Å². The Labute approximate surface area is 137 Å². The standard InChI is InChI=1S/C17H16N2OS2/c1-12-4-6-13(7-5-12)15-11-22-17(18-15)19-16(20)9-8-14-3-2-10-21-14/h2-7,10-11H,8-9H2,1H3,(H,18,19,20). The van der Waals surface area contributed by atoms with Crippen molar-refractivity contribution in [2.75, 3.05) is 5.32 Å². The molecule has 0 spiro atoms. The minimum Gasteiger partial charge on any atom is -0.302 e.